The highest BCUT2D eigenvalue weighted by Gasteiger charge is 2.06. The fourth-order valence-electron chi connectivity index (χ4n) is 1.05. The molecule has 3 N–H and O–H groups in total. The molecule has 1 aromatic rings. The molecule has 0 aliphatic carbocycles. The van der Waals surface area contributed by atoms with Gasteiger partial charge in [-0.2, -0.15) is 0 Å². The second-order valence-electron chi connectivity index (χ2n) is 3.97. The fraction of sp³-hybridized carbons (Fsp3) is 0.455. The highest BCUT2D eigenvalue weighted by Crippen LogP contribution is 2.11. The van der Waals surface area contributed by atoms with Crippen molar-refractivity contribution in [3.05, 3.63) is 24.0 Å². The predicted octanol–water partition coefficient (Wildman–Crippen LogP) is 2.17. The fourth-order valence-corrected chi connectivity index (χ4v) is 1.18. The van der Waals surface area contributed by atoms with Crippen LogP contribution in [0, 0.1) is 5.92 Å². The van der Waals surface area contributed by atoms with Crippen LogP contribution >= 0.6 is 12.2 Å². The summed E-state index contributed by atoms with van der Waals surface area (Å²) in [7, 11) is 0. The van der Waals surface area contributed by atoms with E-state index in [4.69, 9.17) is 18.0 Å². The third-order valence-corrected chi connectivity index (χ3v) is 2.62. The van der Waals surface area contributed by atoms with Crippen molar-refractivity contribution in [3.8, 4) is 0 Å². The Morgan fingerprint density at radius 1 is 1.40 bits per heavy atom. The average molecular weight is 223 g/mol. The monoisotopic (exact) mass is 223 g/mol. The summed E-state index contributed by atoms with van der Waals surface area (Å²) in [5, 5.41) is 3.36. The molecular weight excluding hydrogens is 206 g/mol. The van der Waals surface area contributed by atoms with Gasteiger partial charge in [-0.05, 0) is 25.0 Å². The van der Waals surface area contributed by atoms with Crippen molar-refractivity contribution in [2.45, 2.75) is 26.8 Å². The van der Waals surface area contributed by atoms with E-state index < -0.39 is 0 Å². The molecule has 0 saturated heterocycles. The van der Waals surface area contributed by atoms with Gasteiger partial charge in [0.2, 0.25) is 0 Å². The summed E-state index contributed by atoms with van der Waals surface area (Å²) in [4.78, 5) is 4.49. The van der Waals surface area contributed by atoms with Crippen molar-refractivity contribution in [2.75, 3.05) is 5.32 Å². The Hall–Kier alpha value is -1.16. The number of nitrogens with two attached hydrogens (primary N) is 1. The molecule has 0 aromatic carbocycles. The molecule has 0 spiro atoms. The van der Waals surface area contributed by atoms with Crippen LogP contribution < -0.4 is 11.1 Å². The van der Waals surface area contributed by atoms with Gasteiger partial charge in [0.1, 0.15) is 4.99 Å². The molecule has 1 atom stereocenters. The van der Waals surface area contributed by atoms with Crippen LogP contribution in [0.5, 0.6) is 0 Å². The van der Waals surface area contributed by atoms with Crippen LogP contribution in [-0.4, -0.2) is 16.0 Å². The number of anilines is 1. The second kappa shape index (κ2) is 5.07. The lowest BCUT2D eigenvalue weighted by atomic mass is 10.1. The molecule has 15 heavy (non-hydrogen) atoms. The SMILES string of the molecule is CC(C)C(C)Nc1ccc(C(N)=S)nc1. The van der Waals surface area contributed by atoms with Crippen LogP contribution in [0.1, 0.15) is 26.5 Å². The molecule has 0 bridgehead atoms. The van der Waals surface area contributed by atoms with Gasteiger partial charge < -0.3 is 11.1 Å². The summed E-state index contributed by atoms with van der Waals surface area (Å²) < 4.78 is 0. The zero-order valence-electron chi connectivity index (χ0n) is 9.32. The van der Waals surface area contributed by atoms with Gasteiger partial charge in [0.15, 0.2) is 0 Å². The Morgan fingerprint density at radius 3 is 2.47 bits per heavy atom. The van der Waals surface area contributed by atoms with Crippen molar-refractivity contribution in [1.29, 1.82) is 0 Å². The number of nitrogens with zero attached hydrogens (tertiary/aromatic N) is 1. The first-order chi connectivity index (χ1) is 7.00. The molecule has 0 saturated carbocycles. The molecule has 0 radical (unpaired) electrons. The number of pyridine rings is 1. The van der Waals surface area contributed by atoms with Gasteiger partial charge >= 0.3 is 0 Å². The molecular formula is C11H17N3S. The first-order valence-corrected chi connectivity index (χ1v) is 5.44. The van der Waals surface area contributed by atoms with Crippen LogP contribution in [0.15, 0.2) is 18.3 Å². The average Bonchev–Trinajstić information content (AvgIpc) is 2.18. The Bertz CT molecular complexity index is 332. The van der Waals surface area contributed by atoms with E-state index in [1.165, 1.54) is 0 Å². The molecule has 1 heterocycles. The van der Waals surface area contributed by atoms with E-state index in [2.05, 4.69) is 31.1 Å². The summed E-state index contributed by atoms with van der Waals surface area (Å²) in [6.07, 6.45) is 1.76. The van der Waals surface area contributed by atoms with E-state index >= 15 is 0 Å². The van der Waals surface area contributed by atoms with Crippen molar-refractivity contribution >= 4 is 22.9 Å². The molecule has 82 valence electrons. The minimum atomic E-state index is 0.332. The first-order valence-electron chi connectivity index (χ1n) is 5.03. The number of hydrogen-bond donors (Lipinski definition) is 2. The van der Waals surface area contributed by atoms with Crippen molar-refractivity contribution in [2.24, 2.45) is 11.7 Å². The lowest BCUT2D eigenvalue weighted by molar-refractivity contribution is 0.560. The van der Waals surface area contributed by atoms with E-state index in [9.17, 15) is 0 Å². The van der Waals surface area contributed by atoms with Crippen molar-refractivity contribution in [3.63, 3.8) is 0 Å². The van der Waals surface area contributed by atoms with Gasteiger partial charge in [-0.25, -0.2) is 0 Å². The van der Waals surface area contributed by atoms with E-state index in [0.717, 1.165) is 5.69 Å². The topological polar surface area (TPSA) is 50.9 Å². The maximum atomic E-state index is 5.46. The molecule has 1 aromatic heterocycles. The molecule has 4 heteroatoms. The number of aromatic nitrogens is 1. The molecule has 0 amide bonds. The minimum absolute atomic E-state index is 0.332. The van der Waals surface area contributed by atoms with Crippen LogP contribution in [0.25, 0.3) is 0 Å². The van der Waals surface area contributed by atoms with Gasteiger partial charge in [0.25, 0.3) is 0 Å². The van der Waals surface area contributed by atoms with Crippen LogP contribution in [0.4, 0.5) is 5.69 Å². The summed E-state index contributed by atoms with van der Waals surface area (Å²) in [6, 6.07) is 4.19. The Morgan fingerprint density at radius 2 is 2.07 bits per heavy atom. The molecule has 0 fully saturated rings. The summed E-state index contributed by atoms with van der Waals surface area (Å²) in [6.45, 7) is 6.50. The maximum Gasteiger partial charge on any atom is 0.122 e. The van der Waals surface area contributed by atoms with Crippen LogP contribution in [0.2, 0.25) is 0 Å². The standard InChI is InChI=1S/C11H17N3S/c1-7(2)8(3)14-9-4-5-10(11(12)15)13-6-9/h4-8,14H,1-3H3,(H2,12,15). The summed E-state index contributed by atoms with van der Waals surface area (Å²) in [5.74, 6) is 0.584. The quantitative estimate of drug-likeness (QED) is 0.768. The Labute approximate surface area is 96.1 Å². The second-order valence-corrected chi connectivity index (χ2v) is 4.41. The Balaban J connectivity index is 2.68. The smallest absolute Gasteiger partial charge is 0.122 e. The third-order valence-electron chi connectivity index (χ3n) is 2.41. The van der Waals surface area contributed by atoms with Gasteiger partial charge in [-0.3, -0.25) is 4.98 Å². The lowest BCUT2D eigenvalue weighted by Gasteiger charge is -2.18. The van der Waals surface area contributed by atoms with E-state index in [-0.39, 0.29) is 0 Å². The van der Waals surface area contributed by atoms with Crippen LogP contribution in [-0.2, 0) is 0 Å². The van der Waals surface area contributed by atoms with Gasteiger partial charge in [-0.15, -0.1) is 0 Å². The van der Waals surface area contributed by atoms with E-state index in [1.807, 2.05) is 12.1 Å². The van der Waals surface area contributed by atoms with E-state index in [0.29, 0.717) is 22.6 Å². The van der Waals surface area contributed by atoms with E-state index in [1.54, 1.807) is 6.20 Å². The van der Waals surface area contributed by atoms with Gasteiger partial charge in [0, 0.05) is 6.04 Å². The molecule has 3 nitrogen and oxygen atoms in total. The number of rotatable bonds is 4. The van der Waals surface area contributed by atoms with Crippen LogP contribution in [0.3, 0.4) is 0 Å². The zero-order chi connectivity index (χ0) is 11.4. The van der Waals surface area contributed by atoms with Gasteiger partial charge in [-0.1, -0.05) is 26.1 Å². The molecule has 1 rings (SSSR count). The van der Waals surface area contributed by atoms with Gasteiger partial charge in [0.05, 0.1) is 17.6 Å². The highest BCUT2D eigenvalue weighted by molar-refractivity contribution is 7.80. The zero-order valence-corrected chi connectivity index (χ0v) is 10.1. The first kappa shape index (κ1) is 11.9. The normalized spacial score (nSPS) is 12.5. The summed E-state index contributed by atoms with van der Waals surface area (Å²) in [5.41, 5.74) is 7.12. The predicted molar refractivity (Wildman–Crippen MR) is 68.0 cm³/mol. The maximum absolute atomic E-state index is 5.46. The summed E-state index contributed by atoms with van der Waals surface area (Å²) >= 11 is 4.83. The molecule has 0 aliphatic heterocycles. The molecule has 1 unspecified atom stereocenters. The number of nitrogens with one attached hydrogen (secondary N) is 1. The molecule has 0 aliphatic rings. The number of thiocarbonyl (C=S) groups is 1. The highest BCUT2D eigenvalue weighted by atomic mass is 32.1. The van der Waals surface area contributed by atoms with Crippen molar-refractivity contribution in [1.82, 2.24) is 4.98 Å². The van der Waals surface area contributed by atoms with Crippen molar-refractivity contribution < 1.29 is 0 Å². The number of hydrogen-bond acceptors (Lipinski definition) is 3. The minimum Gasteiger partial charge on any atom is -0.388 e. The lowest BCUT2D eigenvalue weighted by Crippen LogP contribution is -2.21. The third kappa shape index (κ3) is 3.47. The Kier molecular flexibility index (Phi) is 4.03. The largest absolute Gasteiger partial charge is 0.388 e.